The van der Waals surface area contributed by atoms with Gasteiger partial charge in [0.15, 0.2) is 0 Å². The molecule has 3 nitrogen and oxygen atoms in total. The number of rotatable bonds is 6. The first-order valence-corrected chi connectivity index (χ1v) is 8.38. The molecule has 0 saturated heterocycles. The summed E-state index contributed by atoms with van der Waals surface area (Å²) in [6.07, 6.45) is 1.97. The molecule has 0 spiro atoms. The Hall–Kier alpha value is -1.17. The van der Waals surface area contributed by atoms with Crippen LogP contribution in [0.5, 0.6) is 0 Å². The van der Waals surface area contributed by atoms with Gasteiger partial charge in [-0.05, 0) is 30.9 Å². The Bertz CT molecular complexity index is 564. The first kappa shape index (κ1) is 15.2. The molecular formula is C15H18N2OS2. The maximum atomic E-state index is 11.1. The van der Waals surface area contributed by atoms with E-state index < -0.39 is 0 Å². The number of benzene rings is 1. The maximum Gasteiger partial charge on any atom is 0.202 e. The van der Waals surface area contributed by atoms with E-state index in [2.05, 4.69) is 34.6 Å². The lowest BCUT2D eigenvalue weighted by Crippen LogP contribution is -2.09. The van der Waals surface area contributed by atoms with Gasteiger partial charge >= 0.3 is 0 Å². The summed E-state index contributed by atoms with van der Waals surface area (Å²) in [6.45, 7) is 2.14. The molecular weight excluding hydrogens is 288 g/mol. The molecule has 1 heterocycles. The first-order valence-electron chi connectivity index (χ1n) is 6.52. The summed E-state index contributed by atoms with van der Waals surface area (Å²) in [5, 5.41) is 3.28. The van der Waals surface area contributed by atoms with E-state index in [1.807, 2.05) is 6.92 Å². The molecule has 0 saturated carbocycles. The molecule has 2 N–H and O–H groups in total. The Balaban J connectivity index is 1.83. The van der Waals surface area contributed by atoms with Gasteiger partial charge in [0.2, 0.25) is 5.12 Å². The van der Waals surface area contributed by atoms with Crippen LogP contribution >= 0.6 is 23.1 Å². The SMILES string of the molecule is Cc1nc(CCc2ccc(CSC(=O)CN)cc2)cs1. The third kappa shape index (κ3) is 4.74. The Morgan fingerprint density at radius 3 is 2.55 bits per heavy atom. The molecule has 1 aromatic carbocycles. The van der Waals surface area contributed by atoms with Crippen LogP contribution in [0.3, 0.4) is 0 Å². The van der Waals surface area contributed by atoms with Gasteiger partial charge in [-0.25, -0.2) is 4.98 Å². The molecule has 0 unspecified atom stereocenters. The minimum atomic E-state index is 0.0352. The highest BCUT2D eigenvalue weighted by Gasteiger charge is 2.02. The number of hydrogen-bond donors (Lipinski definition) is 1. The topological polar surface area (TPSA) is 56.0 Å². The Morgan fingerprint density at radius 1 is 1.25 bits per heavy atom. The summed E-state index contributed by atoms with van der Waals surface area (Å²) in [6, 6.07) is 8.42. The fourth-order valence-corrected chi connectivity index (χ4v) is 3.11. The van der Waals surface area contributed by atoms with Crippen LogP contribution < -0.4 is 5.73 Å². The van der Waals surface area contributed by atoms with Crippen LogP contribution in [0.15, 0.2) is 29.6 Å². The minimum absolute atomic E-state index is 0.0352. The fraction of sp³-hybridized carbons (Fsp3) is 0.333. The number of nitrogens with zero attached hydrogens (tertiary/aromatic N) is 1. The number of thiazole rings is 1. The van der Waals surface area contributed by atoms with Crippen LogP contribution in [0.4, 0.5) is 0 Å². The summed E-state index contributed by atoms with van der Waals surface area (Å²) in [4.78, 5) is 15.6. The predicted octanol–water partition coefficient (Wildman–Crippen LogP) is 2.96. The van der Waals surface area contributed by atoms with Gasteiger partial charge in [-0.2, -0.15) is 0 Å². The lowest BCUT2D eigenvalue weighted by Gasteiger charge is -2.03. The molecule has 5 heteroatoms. The highest BCUT2D eigenvalue weighted by Crippen LogP contribution is 2.15. The van der Waals surface area contributed by atoms with Crippen molar-refractivity contribution in [1.82, 2.24) is 4.98 Å². The minimum Gasteiger partial charge on any atom is -0.323 e. The molecule has 0 aliphatic carbocycles. The summed E-state index contributed by atoms with van der Waals surface area (Å²) in [5.41, 5.74) is 8.91. The summed E-state index contributed by atoms with van der Waals surface area (Å²) >= 11 is 2.97. The van der Waals surface area contributed by atoms with E-state index in [9.17, 15) is 4.79 Å². The fourth-order valence-electron chi connectivity index (χ4n) is 1.82. The van der Waals surface area contributed by atoms with E-state index in [-0.39, 0.29) is 11.7 Å². The van der Waals surface area contributed by atoms with Crippen LogP contribution in [0.1, 0.15) is 21.8 Å². The first-order chi connectivity index (χ1) is 9.67. The molecule has 0 radical (unpaired) electrons. The predicted molar refractivity (Wildman–Crippen MR) is 86.1 cm³/mol. The summed E-state index contributed by atoms with van der Waals surface area (Å²) in [7, 11) is 0. The summed E-state index contributed by atoms with van der Waals surface area (Å²) < 4.78 is 0. The monoisotopic (exact) mass is 306 g/mol. The van der Waals surface area contributed by atoms with Crippen molar-refractivity contribution < 1.29 is 4.79 Å². The Morgan fingerprint density at radius 2 is 1.95 bits per heavy atom. The van der Waals surface area contributed by atoms with Crippen LogP contribution in [-0.2, 0) is 23.4 Å². The van der Waals surface area contributed by atoms with Gasteiger partial charge in [-0.15, -0.1) is 11.3 Å². The number of nitrogens with two attached hydrogens (primary N) is 1. The van der Waals surface area contributed by atoms with E-state index >= 15 is 0 Å². The van der Waals surface area contributed by atoms with Gasteiger partial charge in [0, 0.05) is 11.1 Å². The van der Waals surface area contributed by atoms with Crippen molar-refractivity contribution in [1.29, 1.82) is 0 Å². The standard InChI is InChI=1S/C15H18N2OS2/c1-11-17-14(10-19-11)7-6-12-2-4-13(5-3-12)9-20-15(18)8-16/h2-5,10H,6-9,16H2,1H3. The molecule has 0 aliphatic heterocycles. The second-order valence-electron chi connectivity index (χ2n) is 4.54. The van der Waals surface area contributed by atoms with E-state index in [0.29, 0.717) is 5.75 Å². The van der Waals surface area contributed by atoms with Crippen molar-refractivity contribution in [2.24, 2.45) is 5.73 Å². The number of hydrogen-bond acceptors (Lipinski definition) is 5. The van der Waals surface area contributed by atoms with Gasteiger partial charge < -0.3 is 5.73 Å². The number of carbonyl (C=O) groups is 1. The molecule has 0 fully saturated rings. The average molecular weight is 306 g/mol. The lowest BCUT2D eigenvalue weighted by atomic mass is 10.1. The smallest absolute Gasteiger partial charge is 0.202 e. The van der Waals surface area contributed by atoms with Gasteiger partial charge in [0.1, 0.15) is 0 Å². The molecule has 20 heavy (non-hydrogen) atoms. The third-order valence-electron chi connectivity index (χ3n) is 2.93. The van der Waals surface area contributed by atoms with Gasteiger partial charge in [-0.3, -0.25) is 4.79 Å². The molecule has 2 aromatic rings. The zero-order valence-corrected chi connectivity index (χ0v) is 13.1. The van der Waals surface area contributed by atoms with Gasteiger partial charge in [0.25, 0.3) is 0 Å². The Kier molecular flexibility index (Phi) is 5.76. The molecule has 0 amide bonds. The lowest BCUT2D eigenvalue weighted by molar-refractivity contribution is -0.109. The summed E-state index contributed by atoms with van der Waals surface area (Å²) in [5.74, 6) is 0.696. The molecule has 106 valence electrons. The van der Waals surface area contributed by atoms with E-state index in [4.69, 9.17) is 5.73 Å². The van der Waals surface area contributed by atoms with Crippen molar-refractivity contribution >= 4 is 28.2 Å². The van der Waals surface area contributed by atoms with Gasteiger partial charge in [-0.1, -0.05) is 36.0 Å². The van der Waals surface area contributed by atoms with E-state index in [1.54, 1.807) is 11.3 Å². The van der Waals surface area contributed by atoms with E-state index in [1.165, 1.54) is 23.0 Å². The molecule has 0 bridgehead atoms. The van der Waals surface area contributed by atoms with Crippen LogP contribution in [0.2, 0.25) is 0 Å². The van der Waals surface area contributed by atoms with Crippen molar-refractivity contribution in [2.75, 3.05) is 6.54 Å². The largest absolute Gasteiger partial charge is 0.323 e. The van der Waals surface area contributed by atoms with Crippen molar-refractivity contribution in [3.63, 3.8) is 0 Å². The molecule has 2 rings (SSSR count). The average Bonchev–Trinajstić information content (AvgIpc) is 2.89. The van der Waals surface area contributed by atoms with Gasteiger partial charge in [0.05, 0.1) is 17.2 Å². The zero-order valence-electron chi connectivity index (χ0n) is 11.5. The number of aryl methyl sites for hydroxylation is 3. The Labute approximate surface area is 127 Å². The van der Waals surface area contributed by atoms with E-state index in [0.717, 1.165) is 23.4 Å². The molecule has 1 aromatic heterocycles. The van der Waals surface area contributed by atoms with Crippen LogP contribution in [0, 0.1) is 6.92 Å². The highest BCUT2D eigenvalue weighted by molar-refractivity contribution is 8.13. The molecule has 0 aliphatic rings. The van der Waals surface area contributed by atoms with Crippen molar-refractivity contribution in [2.45, 2.75) is 25.5 Å². The van der Waals surface area contributed by atoms with Crippen molar-refractivity contribution in [3.05, 3.63) is 51.5 Å². The quantitative estimate of drug-likeness (QED) is 0.891. The number of carbonyl (C=O) groups excluding carboxylic acids is 1. The third-order valence-corrected chi connectivity index (χ3v) is 4.71. The highest BCUT2D eigenvalue weighted by atomic mass is 32.2. The molecule has 0 atom stereocenters. The van der Waals surface area contributed by atoms with Crippen molar-refractivity contribution in [3.8, 4) is 0 Å². The van der Waals surface area contributed by atoms with Crippen LogP contribution in [0.25, 0.3) is 0 Å². The normalized spacial score (nSPS) is 10.7. The zero-order chi connectivity index (χ0) is 14.4. The van der Waals surface area contributed by atoms with Crippen LogP contribution in [-0.4, -0.2) is 16.6 Å². The second kappa shape index (κ2) is 7.57. The number of thioether (sulfide) groups is 1. The second-order valence-corrected chi connectivity index (χ2v) is 6.63. The maximum absolute atomic E-state index is 11.1. The number of aromatic nitrogens is 1.